The molecule has 1 aromatic carbocycles. The van der Waals surface area contributed by atoms with Crippen molar-refractivity contribution in [3.05, 3.63) is 41.7 Å². The van der Waals surface area contributed by atoms with E-state index in [1.807, 2.05) is 0 Å². The fraction of sp³-hybridized carbons (Fsp3) is 0.250. The number of nitrogens with one attached hydrogen (secondary N) is 1. The molecule has 0 amide bonds. The summed E-state index contributed by atoms with van der Waals surface area (Å²) in [6.07, 6.45) is 3.74. The molecule has 0 bridgehead atoms. The largest absolute Gasteiger partial charge is 0.396 e. The Hall–Kier alpha value is -2.00. The Balaban J connectivity index is 2.10. The molecule has 0 saturated heterocycles. The lowest BCUT2D eigenvalue weighted by Gasteiger charge is -2.08. The molecule has 0 atom stereocenters. The van der Waals surface area contributed by atoms with Crippen LogP contribution in [-0.4, -0.2) is 24.7 Å². The van der Waals surface area contributed by atoms with Gasteiger partial charge in [-0.2, -0.15) is 5.10 Å². The maximum absolute atomic E-state index is 13.6. The molecule has 1 heterocycles. The number of anilines is 1. The average molecular weight is 316 g/mol. The van der Waals surface area contributed by atoms with Crippen molar-refractivity contribution in [3.63, 3.8) is 0 Å². The van der Waals surface area contributed by atoms with Crippen LogP contribution in [0.2, 0.25) is 0 Å². The van der Waals surface area contributed by atoms with Crippen molar-refractivity contribution in [2.45, 2.75) is 11.3 Å². The molecule has 2 aromatic rings. The number of hydrogen-bond donors (Lipinski definition) is 2. The lowest BCUT2D eigenvalue weighted by Crippen LogP contribution is -2.27. The van der Waals surface area contributed by atoms with Crippen molar-refractivity contribution in [2.24, 2.45) is 7.05 Å². The Morgan fingerprint density at radius 1 is 1.33 bits per heavy atom. The number of halogens is 2. The third-order valence-electron chi connectivity index (χ3n) is 2.80. The van der Waals surface area contributed by atoms with Gasteiger partial charge < -0.3 is 5.73 Å². The first-order valence-electron chi connectivity index (χ1n) is 6.01. The lowest BCUT2D eigenvalue weighted by molar-refractivity contribution is 0.545. The molecule has 0 aliphatic heterocycles. The predicted molar refractivity (Wildman–Crippen MR) is 72.9 cm³/mol. The van der Waals surface area contributed by atoms with E-state index in [2.05, 4.69) is 9.82 Å². The molecule has 0 radical (unpaired) electrons. The molecule has 3 N–H and O–H groups in total. The van der Waals surface area contributed by atoms with Crippen LogP contribution in [0.5, 0.6) is 0 Å². The fourth-order valence-electron chi connectivity index (χ4n) is 1.76. The van der Waals surface area contributed by atoms with Crippen molar-refractivity contribution in [1.82, 2.24) is 14.5 Å². The SMILES string of the molecule is Cn1cc(CCNS(=O)(=O)c2cc(N)c(F)cc2F)cn1. The molecule has 0 aliphatic rings. The van der Waals surface area contributed by atoms with E-state index in [4.69, 9.17) is 5.73 Å². The van der Waals surface area contributed by atoms with Gasteiger partial charge in [0.15, 0.2) is 0 Å². The topological polar surface area (TPSA) is 90.0 Å². The lowest BCUT2D eigenvalue weighted by atomic mass is 10.3. The summed E-state index contributed by atoms with van der Waals surface area (Å²) >= 11 is 0. The van der Waals surface area contributed by atoms with Gasteiger partial charge in [-0.3, -0.25) is 4.68 Å². The molecule has 0 unspecified atom stereocenters. The predicted octanol–water partition coefficient (Wildman–Crippen LogP) is 0.802. The number of nitrogens with zero attached hydrogens (tertiary/aromatic N) is 2. The maximum atomic E-state index is 13.6. The fourth-order valence-corrected chi connectivity index (χ4v) is 2.88. The van der Waals surface area contributed by atoms with Gasteiger partial charge in [0.05, 0.1) is 11.9 Å². The monoisotopic (exact) mass is 316 g/mol. The summed E-state index contributed by atoms with van der Waals surface area (Å²) in [5.41, 5.74) is 5.67. The van der Waals surface area contributed by atoms with Crippen LogP contribution in [0.4, 0.5) is 14.5 Å². The summed E-state index contributed by atoms with van der Waals surface area (Å²) in [5, 5.41) is 3.95. The van der Waals surface area contributed by atoms with Gasteiger partial charge in [-0.1, -0.05) is 0 Å². The second-order valence-corrected chi connectivity index (χ2v) is 6.21. The van der Waals surface area contributed by atoms with Crippen molar-refractivity contribution < 1.29 is 17.2 Å². The summed E-state index contributed by atoms with van der Waals surface area (Å²) in [5.74, 6) is -2.18. The van der Waals surface area contributed by atoms with Crippen molar-refractivity contribution in [1.29, 1.82) is 0 Å². The Morgan fingerprint density at radius 2 is 2.05 bits per heavy atom. The van der Waals surface area contributed by atoms with E-state index in [-0.39, 0.29) is 6.54 Å². The van der Waals surface area contributed by atoms with Crippen LogP contribution in [0.3, 0.4) is 0 Å². The van der Waals surface area contributed by atoms with E-state index in [1.165, 1.54) is 0 Å². The van der Waals surface area contributed by atoms with E-state index in [0.717, 1.165) is 11.6 Å². The molecular formula is C12H14F2N4O2S. The van der Waals surface area contributed by atoms with Crippen LogP contribution in [0.15, 0.2) is 29.4 Å². The van der Waals surface area contributed by atoms with E-state index in [1.54, 1.807) is 24.1 Å². The van der Waals surface area contributed by atoms with Crippen molar-refractivity contribution >= 4 is 15.7 Å². The number of aromatic nitrogens is 2. The standard InChI is InChI=1S/C12H14F2N4O2S/c1-18-7-8(6-16-18)2-3-17-21(19,20)12-5-11(15)9(13)4-10(12)14/h4-7,17H,2-3,15H2,1H3. The van der Waals surface area contributed by atoms with Crippen LogP contribution in [-0.2, 0) is 23.5 Å². The first kappa shape index (κ1) is 15.4. The quantitative estimate of drug-likeness (QED) is 0.799. The average Bonchev–Trinajstić information content (AvgIpc) is 2.79. The minimum Gasteiger partial charge on any atom is -0.396 e. The Labute approximate surface area is 120 Å². The van der Waals surface area contributed by atoms with E-state index in [9.17, 15) is 17.2 Å². The van der Waals surface area contributed by atoms with Crippen LogP contribution in [0, 0.1) is 11.6 Å². The van der Waals surface area contributed by atoms with E-state index < -0.39 is 32.2 Å². The highest BCUT2D eigenvalue weighted by Gasteiger charge is 2.20. The Morgan fingerprint density at radius 3 is 2.67 bits per heavy atom. The molecule has 2 rings (SSSR count). The Kier molecular flexibility index (Phi) is 4.24. The first-order valence-corrected chi connectivity index (χ1v) is 7.49. The minimum atomic E-state index is -4.09. The van der Waals surface area contributed by atoms with E-state index in [0.29, 0.717) is 12.5 Å². The van der Waals surface area contributed by atoms with Gasteiger partial charge in [-0.25, -0.2) is 21.9 Å². The second kappa shape index (κ2) is 5.78. The van der Waals surface area contributed by atoms with E-state index >= 15 is 0 Å². The zero-order valence-electron chi connectivity index (χ0n) is 11.2. The van der Waals surface area contributed by atoms with Gasteiger partial charge in [-0.15, -0.1) is 0 Å². The number of rotatable bonds is 5. The second-order valence-electron chi connectivity index (χ2n) is 4.47. The van der Waals surface area contributed by atoms with Crippen LogP contribution >= 0.6 is 0 Å². The third kappa shape index (κ3) is 3.56. The summed E-state index contributed by atoms with van der Waals surface area (Å²) in [7, 11) is -2.35. The minimum absolute atomic E-state index is 0.0603. The van der Waals surface area contributed by atoms with Gasteiger partial charge in [-0.05, 0) is 18.1 Å². The number of benzene rings is 1. The van der Waals surface area contributed by atoms with Crippen molar-refractivity contribution in [2.75, 3.05) is 12.3 Å². The molecule has 0 aliphatic carbocycles. The molecule has 0 spiro atoms. The number of nitrogen functional groups attached to an aromatic ring is 1. The van der Waals surface area contributed by atoms with Gasteiger partial charge in [0.1, 0.15) is 16.5 Å². The van der Waals surface area contributed by atoms with Gasteiger partial charge >= 0.3 is 0 Å². The Bertz CT molecular complexity index is 759. The van der Waals surface area contributed by atoms with Gasteiger partial charge in [0.2, 0.25) is 10.0 Å². The van der Waals surface area contributed by atoms with Crippen LogP contribution < -0.4 is 10.5 Å². The van der Waals surface area contributed by atoms with Crippen LogP contribution in [0.25, 0.3) is 0 Å². The molecule has 1 aromatic heterocycles. The number of hydrogen-bond acceptors (Lipinski definition) is 4. The third-order valence-corrected chi connectivity index (χ3v) is 4.28. The highest BCUT2D eigenvalue weighted by atomic mass is 32.2. The zero-order chi connectivity index (χ0) is 15.6. The summed E-state index contributed by atoms with van der Waals surface area (Å²) in [6.45, 7) is 0.0603. The highest BCUT2D eigenvalue weighted by Crippen LogP contribution is 2.20. The maximum Gasteiger partial charge on any atom is 0.243 e. The number of nitrogens with two attached hydrogens (primary N) is 1. The smallest absolute Gasteiger partial charge is 0.243 e. The molecule has 0 fully saturated rings. The van der Waals surface area contributed by atoms with Crippen molar-refractivity contribution in [3.8, 4) is 0 Å². The molecule has 0 saturated carbocycles. The number of sulfonamides is 1. The first-order chi connectivity index (χ1) is 9.79. The summed E-state index contributed by atoms with van der Waals surface area (Å²) in [4.78, 5) is -0.674. The molecular weight excluding hydrogens is 302 g/mol. The van der Waals surface area contributed by atoms with Gasteiger partial charge in [0.25, 0.3) is 0 Å². The molecule has 9 heteroatoms. The summed E-state index contributed by atoms with van der Waals surface area (Å²) in [6, 6.07) is 1.21. The molecule has 114 valence electrons. The highest BCUT2D eigenvalue weighted by molar-refractivity contribution is 7.89. The zero-order valence-corrected chi connectivity index (χ0v) is 12.0. The normalized spacial score (nSPS) is 11.8. The van der Waals surface area contributed by atoms with Gasteiger partial charge in [0, 0.05) is 25.9 Å². The number of aryl methyl sites for hydroxylation is 1. The molecule has 21 heavy (non-hydrogen) atoms. The van der Waals surface area contributed by atoms with Crippen LogP contribution in [0.1, 0.15) is 5.56 Å². The summed E-state index contributed by atoms with van der Waals surface area (Å²) < 4.78 is 54.3. The molecule has 6 nitrogen and oxygen atoms in total.